The van der Waals surface area contributed by atoms with E-state index in [2.05, 4.69) is 6.07 Å². The van der Waals surface area contributed by atoms with Crippen LogP contribution in [0.1, 0.15) is 25.8 Å². The van der Waals surface area contributed by atoms with Gasteiger partial charge in [-0.25, -0.2) is 0 Å². The van der Waals surface area contributed by atoms with Crippen LogP contribution in [-0.4, -0.2) is 35.9 Å². The predicted molar refractivity (Wildman–Crippen MR) is 84.3 cm³/mol. The average molecular weight is 315 g/mol. The largest absolute Gasteiger partial charge is 0.479 e. The first-order valence-corrected chi connectivity index (χ1v) is 7.68. The molecule has 2 rings (SSSR count). The number of hydrogen-bond acceptors (Lipinski definition) is 4. The fourth-order valence-corrected chi connectivity index (χ4v) is 2.64. The van der Waals surface area contributed by atoms with Crippen molar-refractivity contribution in [1.29, 1.82) is 5.26 Å². The minimum atomic E-state index is -0.698. The Morgan fingerprint density at radius 1 is 1.39 bits per heavy atom. The van der Waals surface area contributed by atoms with Crippen LogP contribution in [0.25, 0.3) is 0 Å². The number of carbonyl (C=O) groups excluding carboxylic acids is 2. The monoisotopic (exact) mass is 315 g/mol. The van der Waals surface area contributed by atoms with E-state index in [9.17, 15) is 9.59 Å². The van der Waals surface area contributed by atoms with Crippen molar-refractivity contribution in [2.24, 2.45) is 17.6 Å². The topological polar surface area (TPSA) is 96.4 Å². The molecule has 1 aliphatic rings. The normalized spacial score (nSPS) is 18.5. The second-order valence-corrected chi connectivity index (χ2v) is 6.06. The quantitative estimate of drug-likeness (QED) is 0.885. The summed E-state index contributed by atoms with van der Waals surface area (Å²) in [5.41, 5.74) is 5.70. The smallest absolute Gasteiger partial charge is 0.263 e. The summed E-state index contributed by atoms with van der Waals surface area (Å²) >= 11 is 0. The SMILES string of the molecule is CC(C)C(Oc1ccccc1C#N)C(=O)N1CCC(C(N)=O)C1. The summed E-state index contributed by atoms with van der Waals surface area (Å²) < 4.78 is 5.84. The number of carbonyl (C=O) groups is 2. The minimum absolute atomic E-state index is 0.0677. The Morgan fingerprint density at radius 2 is 2.09 bits per heavy atom. The molecule has 6 nitrogen and oxygen atoms in total. The molecule has 1 fully saturated rings. The number of para-hydroxylation sites is 1. The van der Waals surface area contributed by atoms with E-state index in [1.54, 1.807) is 29.2 Å². The maximum Gasteiger partial charge on any atom is 0.263 e. The van der Waals surface area contributed by atoms with Crippen LogP contribution in [-0.2, 0) is 9.59 Å². The summed E-state index contributed by atoms with van der Waals surface area (Å²) in [5, 5.41) is 9.14. The highest BCUT2D eigenvalue weighted by atomic mass is 16.5. The fraction of sp³-hybridized carbons (Fsp3) is 0.471. The van der Waals surface area contributed by atoms with Crippen molar-refractivity contribution in [1.82, 2.24) is 4.90 Å². The van der Waals surface area contributed by atoms with E-state index < -0.39 is 6.10 Å². The Morgan fingerprint density at radius 3 is 2.65 bits per heavy atom. The van der Waals surface area contributed by atoms with E-state index in [1.165, 1.54) is 0 Å². The third-order valence-corrected chi connectivity index (χ3v) is 4.01. The van der Waals surface area contributed by atoms with E-state index in [1.807, 2.05) is 13.8 Å². The van der Waals surface area contributed by atoms with Crippen LogP contribution in [0.4, 0.5) is 0 Å². The third-order valence-electron chi connectivity index (χ3n) is 4.01. The number of rotatable bonds is 5. The van der Waals surface area contributed by atoms with Gasteiger partial charge in [-0.3, -0.25) is 9.59 Å². The number of hydrogen-bond donors (Lipinski definition) is 1. The van der Waals surface area contributed by atoms with Crippen LogP contribution in [0.2, 0.25) is 0 Å². The number of amides is 2. The van der Waals surface area contributed by atoms with Crippen LogP contribution < -0.4 is 10.5 Å². The molecule has 1 aromatic rings. The van der Waals surface area contributed by atoms with Gasteiger partial charge in [0.05, 0.1) is 11.5 Å². The molecule has 0 spiro atoms. The lowest BCUT2D eigenvalue weighted by molar-refractivity contribution is -0.139. The first-order chi connectivity index (χ1) is 10.9. The average Bonchev–Trinajstić information content (AvgIpc) is 3.02. The summed E-state index contributed by atoms with van der Waals surface area (Å²) in [7, 11) is 0. The predicted octanol–water partition coefficient (Wildman–Crippen LogP) is 1.30. The van der Waals surface area contributed by atoms with E-state index in [0.717, 1.165) is 0 Å². The molecule has 1 saturated heterocycles. The van der Waals surface area contributed by atoms with Gasteiger partial charge in [0.15, 0.2) is 6.10 Å². The van der Waals surface area contributed by atoms with Crippen molar-refractivity contribution in [3.8, 4) is 11.8 Å². The van der Waals surface area contributed by atoms with Crippen LogP contribution in [0.5, 0.6) is 5.75 Å². The van der Waals surface area contributed by atoms with Crippen LogP contribution in [0.3, 0.4) is 0 Å². The van der Waals surface area contributed by atoms with Crippen molar-refractivity contribution in [2.45, 2.75) is 26.4 Å². The zero-order chi connectivity index (χ0) is 17.0. The number of ether oxygens (including phenoxy) is 1. The molecule has 1 heterocycles. The molecule has 0 radical (unpaired) electrons. The lowest BCUT2D eigenvalue weighted by atomic mass is 10.1. The number of nitrogens with two attached hydrogens (primary N) is 1. The molecule has 6 heteroatoms. The van der Waals surface area contributed by atoms with Gasteiger partial charge in [-0.15, -0.1) is 0 Å². The van der Waals surface area contributed by atoms with Crippen molar-refractivity contribution in [3.05, 3.63) is 29.8 Å². The van der Waals surface area contributed by atoms with Gasteiger partial charge in [0.25, 0.3) is 5.91 Å². The molecule has 2 unspecified atom stereocenters. The zero-order valence-corrected chi connectivity index (χ0v) is 13.4. The Bertz CT molecular complexity index is 636. The molecule has 2 atom stereocenters. The highest BCUT2D eigenvalue weighted by Crippen LogP contribution is 2.24. The summed E-state index contributed by atoms with van der Waals surface area (Å²) in [6, 6.07) is 8.89. The lowest BCUT2D eigenvalue weighted by Crippen LogP contribution is -2.44. The molecule has 0 aliphatic carbocycles. The van der Waals surface area contributed by atoms with Crippen LogP contribution in [0, 0.1) is 23.2 Å². The molecule has 1 aliphatic heterocycles. The summed E-state index contributed by atoms with van der Waals surface area (Å²) in [6.45, 7) is 4.61. The molecule has 23 heavy (non-hydrogen) atoms. The Hall–Kier alpha value is -2.55. The maximum absolute atomic E-state index is 12.7. The van der Waals surface area contributed by atoms with Gasteiger partial charge in [-0.2, -0.15) is 5.26 Å². The van der Waals surface area contributed by atoms with Gasteiger partial charge in [0.2, 0.25) is 5.91 Å². The van der Waals surface area contributed by atoms with E-state index in [-0.39, 0.29) is 23.7 Å². The number of benzene rings is 1. The molecule has 122 valence electrons. The van der Waals surface area contributed by atoms with Crippen LogP contribution >= 0.6 is 0 Å². The summed E-state index contributed by atoms with van der Waals surface area (Å²) in [4.78, 5) is 25.6. The molecule has 0 aromatic heterocycles. The van der Waals surface area contributed by atoms with Crippen molar-refractivity contribution < 1.29 is 14.3 Å². The van der Waals surface area contributed by atoms with Crippen molar-refractivity contribution >= 4 is 11.8 Å². The van der Waals surface area contributed by atoms with E-state index >= 15 is 0 Å². The third kappa shape index (κ3) is 3.81. The van der Waals surface area contributed by atoms with E-state index in [0.29, 0.717) is 30.8 Å². The highest BCUT2D eigenvalue weighted by Gasteiger charge is 2.35. The molecular weight excluding hydrogens is 294 g/mol. The molecule has 2 N–H and O–H groups in total. The number of likely N-dealkylation sites (tertiary alicyclic amines) is 1. The lowest BCUT2D eigenvalue weighted by Gasteiger charge is -2.27. The van der Waals surface area contributed by atoms with Gasteiger partial charge in [0, 0.05) is 13.1 Å². The standard InChI is InChI=1S/C17H21N3O3/c1-11(2)15(23-14-6-4-3-5-12(14)9-18)17(22)20-8-7-13(10-20)16(19)21/h3-6,11,13,15H,7-8,10H2,1-2H3,(H2,19,21). The van der Waals surface area contributed by atoms with Gasteiger partial charge < -0.3 is 15.4 Å². The second kappa shape index (κ2) is 7.14. The number of nitriles is 1. The maximum atomic E-state index is 12.7. The van der Waals surface area contributed by atoms with Gasteiger partial charge in [-0.1, -0.05) is 26.0 Å². The van der Waals surface area contributed by atoms with E-state index in [4.69, 9.17) is 15.7 Å². The zero-order valence-electron chi connectivity index (χ0n) is 13.4. The summed E-state index contributed by atoms with van der Waals surface area (Å²) in [5.74, 6) is -0.513. The summed E-state index contributed by atoms with van der Waals surface area (Å²) in [6.07, 6.45) is -0.114. The minimum Gasteiger partial charge on any atom is -0.479 e. The first kappa shape index (κ1) is 16.8. The Labute approximate surface area is 135 Å². The molecule has 2 amide bonds. The Kier molecular flexibility index (Phi) is 5.22. The number of nitrogens with zero attached hydrogens (tertiary/aromatic N) is 2. The van der Waals surface area contributed by atoms with Gasteiger partial charge in [0.1, 0.15) is 11.8 Å². The highest BCUT2D eigenvalue weighted by molar-refractivity contribution is 5.84. The van der Waals surface area contributed by atoms with Crippen molar-refractivity contribution in [3.63, 3.8) is 0 Å². The molecule has 1 aromatic carbocycles. The molecular formula is C17H21N3O3. The molecule has 0 bridgehead atoms. The first-order valence-electron chi connectivity index (χ1n) is 7.68. The Balaban J connectivity index is 2.14. The fourth-order valence-electron chi connectivity index (χ4n) is 2.64. The van der Waals surface area contributed by atoms with Gasteiger partial charge in [-0.05, 0) is 24.5 Å². The number of primary amides is 1. The van der Waals surface area contributed by atoms with Gasteiger partial charge >= 0.3 is 0 Å². The molecule has 0 saturated carbocycles. The second-order valence-electron chi connectivity index (χ2n) is 6.06. The van der Waals surface area contributed by atoms with Crippen LogP contribution in [0.15, 0.2) is 24.3 Å². The van der Waals surface area contributed by atoms with Crippen molar-refractivity contribution in [2.75, 3.05) is 13.1 Å².